The molecule has 1 atom stereocenters. The van der Waals surface area contributed by atoms with Crippen molar-refractivity contribution in [3.63, 3.8) is 0 Å². The van der Waals surface area contributed by atoms with Gasteiger partial charge in [0, 0.05) is 19.2 Å². The van der Waals surface area contributed by atoms with E-state index in [1.807, 2.05) is 6.92 Å². The number of methoxy groups -OCH3 is 1. The van der Waals surface area contributed by atoms with Crippen molar-refractivity contribution in [2.75, 3.05) is 19.0 Å². The minimum atomic E-state index is 0.205. The van der Waals surface area contributed by atoms with Crippen molar-refractivity contribution in [2.45, 2.75) is 13.0 Å². The summed E-state index contributed by atoms with van der Waals surface area (Å²) in [6.07, 6.45) is 1.42. The molecular formula is C8H12ClN3O. The molecule has 0 fully saturated rings. The van der Waals surface area contributed by atoms with Gasteiger partial charge in [0.15, 0.2) is 0 Å². The molecular weight excluding hydrogens is 190 g/mol. The highest BCUT2D eigenvalue weighted by atomic mass is 35.5. The molecule has 0 radical (unpaired) electrons. The van der Waals surface area contributed by atoms with Crippen LogP contribution >= 0.6 is 11.6 Å². The number of aromatic nitrogens is 2. The SMILES string of the molecule is COCC(C)Nc1cc(Cl)ncn1. The van der Waals surface area contributed by atoms with E-state index in [0.29, 0.717) is 17.6 Å². The van der Waals surface area contributed by atoms with E-state index in [9.17, 15) is 0 Å². The molecule has 0 saturated carbocycles. The van der Waals surface area contributed by atoms with Crippen LogP contribution in [0.3, 0.4) is 0 Å². The summed E-state index contributed by atoms with van der Waals surface area (Å²) in [6.45, 7) is 2.63. The minimum Gasteiger partial charge on any atom is -0.383 e. The van der Waals surface area contributed by atoms with Crippen molar-refractivity contribution in [1.82, 2.24) is 9.97 Å². The summed E-state index contributed by atoms with van der Waals surface area (Å²) in [4.78, 5) is 7.78. The summed E-state index contributed by atoms with van der Waals surface area (Å²) in [7, 11) is 1.66. The Hall–Kier alpha value is -0.870. The molecule has 0 amide bonds. The van der Waals surface area contributed by atoms with Crippen LogP contribution in [0.1, 0.15) is 6.92 Å². The standard InChI is InChI=1S/C8H12ClN3O/c1-6(4-13-2)12-8-3-7(9)10-5-11-8/h3,5-6H,4H2,1-2H3,(H,10,11,12). The van der Waals surface area contributed by atoms with Crippen LogP contribution in [-0.2, 0) is 4.74 Å². The summed E-state index contributed by atoms with van der Waals surface area (Å²) in [6, 6.07) is 1.88. The van der Waals surface area contributed by atoms with Crippen LogP contribution in [0.25, 0.3) is 0 Å². The van der Waals surface area contributed by atoms with Crippen molar-refractivity contribution < 1.29 is 4.74 Å². The number of nitrogens with one attached hydrogen (secondary N) is 1. The van der Waals surface area contributed by atoms with Gasteiger partial charge in [-0.25, -0.2) is 9.97 Å². The van der Waals surface area contributed by atoms with Crippen LogP contribution in [0.5, 0.6) is 0 Å². The third-order valence-electron chi connectivity index (χ3n) is 1.44. The van der Waals surface area contributed by atoms with Gasteiger partial charge in [0.05, 0.1) is 6.61 Å². The molecule has 1 unspecified atom stereocenters. The van der Waals surface area contributed by atoms with E-state index in [1.54, 1.807) is 13.2 Å². The molecule has 1 rings (SSSR count). The number of halogens is 1. The molecule has 1 N–H and O–H groups in total. The van der Waals surface area contributed by atoms with Crippen LogP contribution in [0.2, 0.25) is 5.15 Å². The lowest BCUT2D eigenvalue weighted by molar-refractivity contribution is 0.190. The number of rotatable bonds is 4. The van der Waals surface area contributed by atoms with E-state index in [4.69, 9.17) is 16.3 Å². The van der Waals surface area contributed by atoms with Crippen LogP contribution in [0.15, 0.2) is 12.4 Å². The van der Waals surface area contributed by atoms with E-state index in [0.717, 1.165) is 0 Å². The highest BCUT2D eigenvalue weighted by molar-refractivity contribution is 6.29. The molecule has 1 aromatic heterocycles. The van der Waals surface area contributed by atoms with E-state index >= 15 is 0 Å². The first-order valence-corrected chi connectivity index (χ1v) is 4.33. The maximum absolute atomic E-state index is 5.68. The predicted octanol–water partition coefficient (Wildman–Crippen LogP) is 1.58. The second-order valence-electron chi connectivity index (χ2n) is 2.73. The van der Waals surface area contributed by atoms with Crippen molar-refractivity contribution in [2.24, 2.45) is 0 Å². The predicted molar refractivity (Wildman–Crippen MR) is 52.0 cm³/mol. The van der Waals surface area contributed by atoms with E-state index in [-0.39, 0.29) is 6.04 Å². The maximum atomic E-state index is 5.68. The fourth-order valence-electron chi connectivity index (χ4n) is 0.957. The van der Waals surface area contributed by atoms with Crippen LogP contribution in [0.4, 0.5) is 5.82 Å². The van der Waals surface area contributed by atoms with E-state index < -0.39 is 0 Å². The molecule has 0 aliphatic heterocycles. The number of hydrogen-bond donors (Lipinski definition) is 1. The van der Waals surface area contributed by atoms with Crippen LogP contribution in [-0.4, -0.2) is 29.7 Å². The van der Waals surface area contributed by atoms with E-state index in [2.05, 4.69) is 15.3 Å². The first-order valence-electron chi connectivity index (χ1n) is 3.95. The first kappa shape index (κ1) is 10.2. The molecule has 0 aliphatic carbocycles. The molecule has 4 nitrogen and oxygen atoms in total. The van der Waals surface area contributed by atoms with Crippen LogP contribution < -0.4 is 5.32 Å². The lowest BCUT2D eigenvalue weighted by atomic mass is 10.3. The molecule has 13 heavy (non-hydrogen) atoms. The number of ether oxygens (including phenoxy) is 1. The fourth-order valence-corrected chi connectivity index (χ4v) is 1.10. The highest BCUT2D eigenvalue weighted by Gasteiger charge is 2.02. The molecule has 0 bridgehead atoms. The largest absolute Gasteiger partial charge is 0.383 e. The van der Waals surface area contributed by atoms with Gasteiger partial charge in [-0.3, -0.25) is 0 Å². The second-order valence-corrected chi connectivity index (χ2v) is 3.11. The highest BCUT2D eigenvalue weighted by Crippen LogP contribution is 2.09. The molecule has 1 aromatic rings. The fraction of sp³-hybridized carbons (Fsp3) is 0.500. The quantitative estimate of drug-likeness (QED) is 0.752. The first-order chi connectivity index (χ1) is 6.22. The zero-order valence-electron chi connectivity index (χ0n) is 7.62. The normalized spacial score (nSPS) is 12.5. The van der Waals surface area contributed by atoms with Gasteiger partial charge in [0.1, 0.15) is 17.3 Å². The van der Waals surface area contributed by atoms with Gasteiger partial charge in [-0.15, -0.1) is 0 Å². The maximum Gasteiger partial charge on any atom is 0.134 e. The lowest BCUT2D eigenvalue weighted by Crippen LogP contribution is -2.21. The van der Waals surface area contributed by atoms with Gasteiger partial charge in [-0.2, -0.15) is 0 Å². The number of anilines is 1. The Morgan fingerprint density at radius 2 is 2.38 bits per heavy atom. The zero-order chi connectivity index (χ0) is 9.68. The molecule has 0 saturated heterocycles. The van der Waals surface area contributed by atoms with Gasteiger partial charge in [-0.1, -0.05) is 11.6 Å². The Morgan fingerprint density at radius 1 is 1.62 bits per heavy atom. The monoisotopic (exact) mass is 201 g/mol. The minimum absolute atomic E-state index is 0.205. The zero-order valence-corrected chi connectivity index (χ0v) is 8.38. The van der Waals surface area contributed by atoms with E-state index in [1.165, 1.54) is 6.33 Å². The molecule has 0 aliphatic rings. The smallest absolute Gasteiger partial charge is 0.134 e. The van der Waals surface area contributed by atoms with Gasteiger partial charge >= 0.3 is 0 Å². The van der Waals surface area contributed by atoms with Gasteiger partial charge in [0.25, 0.3) is 0 Å². The summed E-state index contributed by atoms with van der Waals surface area (Å²) >= 11 is 5.68. The number of hydrogen-bond acceptors (Lipinski definition) is 4. The van der Waals surface area contributed by atoms with Gasteiger partial charge in [0.2, 0.25) is 0 Å². The van der Waals surface area contributed by atoms with Crippen molar-refractivity contribution in [1.29, 1.82) is 0 Å². The molecule has 0 aromatic carbocycles. The average molecular weight is 202 g/mol. The summed E-state index contributed by atoms with van der Waals surface area (Å²) in [5.41, 5.74) is 0. The third-order valence-corrected chi connectivity index (χ3v) is 1.65. The third kappa shape index (κ3) is 3.57. The summed E-state index contributed by atoms with van der Waals surface area (Å²) < 4.78 is 4.97. The molecule has 72 valence electrons. The summed E-state index contributed by atoms with van der Waals surface area (Å²) in [5.74, 6) is 0.713. The summed E-state index contributed by atoms with van der Waals surface area (Å²) in [5, 5.41) is 3.56. The number of nitrogens with zero attached hydrogens (tertiary/aromatic N) is 2. The topological polar surface area (TPSA) is 47.0 Å². The van der Waals surface area contributed by atoms with Crippen molar-refractivity contribution in [3.05, 3.63) is 17.5 Å². The molecule has 0 spiro atoms. The lowest BCUT2D eigenvalue weighted by Gasteiger charge is -2.12. The molecule has 5 heteroatoms. The Kier molecular flexibility index (Phi) is 3.92. The Labute approximate surface area is 82.3 Å². The Morgan fingerprint density at radius 3 is 3.00 bits per heavy atom. The van der Waals surface area contributed by atoms with Crippen molar-refractivity contribution >= 4 is 17.4 Å². The Bertz CT molecular complexity index is 269. The van der Waals surface area contributed by atoms with Gasteiger partial charge < -0.3 is 10.1 Å². The van der Waals surface area contributed by atoms with Crippen molar-refractivity contribution in [3.8, 4) is 0 Å². The van der Waals surface area contributed by atoms with Crippen LogP contribution in [0, 0.1) is 0 Å². The average Bonchev–Trinajstić information content (AvgIpc) is 2.04. The second kappa shape index (κ2) is 4.99. The molecule has 1 heterocycles. The Balaban J connectivity index is 2.53. The van der Waals surface area contributed by atoms with Gasteiger partial charge in [-0.05, 0) is 6.92 Å².